The number of aliphatic hydroxyl groups is 1. The predicted octanol–water partition coefficient (Wildman–Crippen LogP) is 0.950. The predicted molar refractivity (Wildman–Crippen MR) is 47.9 cm³/mol. The van der Waals surface area contributed by atoms with Crippen LogP contribution in [0.4, 0.5) is 0 Å². The zero-order chi connectivity index (χ0) is 9.68. The van der Waals surface area contributed by atoms with Crippen LogP contribution < -0.4 is 0 Å². The highest BCUT2D eigenvalue weighted by Gasteiger charge is 1.99. The van der Waals surface area contributed by atoms with Crippen LogP contribution in [-0.2, 0) is 0 Å². The van der Waals surface area contributed by atoms with Crippen molar-refractivity contribution in [3.8, 4) is 17.9 Å². The van der Waals surface area contributed by atoms with Crippen LogP contribution in [0.3, 0.4) is 0 Å². The van der Waals surface area contributed by atoms with Gasteiger partial charge in [-0.2, -0.15) is 5.26 Å². The van der Waals surface area contributed by atoms with Gasteiger partial charge in [-0.25, -0.2) is 4.98 Å². The van der Waals surface area contributed by atoms with Crippen molar-refractivity contribution in [1.29, 1.82) is 5.26 Å². The summed E-state index contributed by atoms with van der Waals surface area (Å²) in [5.41, 5.74) is 0.849. The van der Waals surface area contributed by atoms with Gasteiger partial charge in [0.2, 0.25) is 0 Å². The van der Waals surface area contributed by atoms with Crippen molar-refractivity contribution in [2.75, 3.05) is 6.61 Å². The number of aliphatic hydroxyl groups excluding tert-OH is 1. The third kappa shape index (κ3) is 2.45. The maximum absolute atomic E-state index is 8.55. The highest BCUT2D eigenvalue weighted by Crippen LogP contribution is 2.12. The molecule has 0 saturated heterocycles. The van der Waals surface area contributed by atoms with Gasteiger partial charge < -0.3 is 5.11 Å². The van der Waals surface area contributed by atoms with Crippen molar-refractivity contribution < 1.29 is 5.11 Å². The Kier molecular flexibility index (Phi) is 3.28. The van der Waals surface area contributed by atoms with E-state index < -0.39 is 0 Å². The number of hydrogen-bond donors (Lipinski definition) is 1. The summed E-state index contributed by atoms with van der Waals surface area (Å²) in [7, 11) is 0. The summed E-state index contributed by atoms with van der Waals surface area (Å²) in [6.45, 7) is -0.243. The molecule has 0 radical (unpaired) electrons. The van der Waals surface area contributed by atoms with E-state index in [0.29, 0.717) is 11.1 Å². The first kappa shape index (κ1) is 9.54. The van der Waals surface area contributed by atoms with Crippen molar-refractivity contribution in [1.82, 2.24) is 4.98 Å². The van der Waals surface area contributed by atoms with E-state index in [2.05, 4.69) is 16.8 Å². The molecule has 0 spiro atoms. The zero-order valence-corrected chi connectivity index (χ0v) is 7.34. The van der Waals surface area contributed by atoms with E-state index in [1.165, 1.54) is 12.3 Å². The highest BCUT2D eigenvalue weighted by atomic mass is 35.5. The summed E-state index contributed by atoms with van der Waals surface area (Å²) in [5.74, 6) is 5.02. The summed E-state index contributed by atoms with van der Waals surface area (Å²) in [6, 6.07) is 3.45. The van der Waals surface area contributed by atoms with Crippen molar-refractivity contribution >= 4 is 11.6 Å². The van der Waals surface area contributed by atoms with Crippen LogP contribution in [0.5, 0.6) is 0 Å². The molecule has 0 aliphatic heterocycles. The van der Waals surface area contributed by atoms with Crippen molar-refractivity contribution in [3.63, 3.8) is 0 Å². The van der Waals surface area contributed by atoms with Crippen molar-refractivity contribution in [2.24, 2.45) is 0 Å². The molecule has 0 aromatic carbocycles. The standard InChI is InChI=1S/C9H5ClN2O/c10-9-8(2-1-3-13)4-7(5-11)6-12-9/h4,6,13H,3H2. The number of halogens is 1. The van der Waals surface area contributed by atoms with Gasteiger partial charge >= 0.3 is 0 Å². The second-order valence-corrected chi connectivity index (χ2v) is 2.49. The first-order chi connectivity index (χ1) is 6.27. The zero-order valence-electron chi connectivity index (χ0n) is 6.58. The van der Waals surface area contributed by atoms with E-state index in [1.807, 2.05) is 6.07 Å². The lowest BCUT2D eigenvalue weighted by molar-refractivity contribution is 0.350. The van der Waals surface area contributed by atoms with Crippen LogP contribution in [0.25, 0.3) is 0 Å². The Bertz CT molecular complexity index is 412. The number of rotatable bonds is 0. The van der Waals surface area contributed by atoms with Gasteiger partial charge in [0.1, 0.15) is 17.8 Å². The first-order valence-electron chi connectivity index (χ1n) is 3.43. The average Bonchev–Trinajstić information content (AvgIpc) is 2.17. The molecule has 1 aromatic rings. The molecule has 4 heteroatoms. The number of pyridine rings is 1. The lowest BCUT2D eigenvalue weighted by Gasteiger charge is -1.93. The van der Waals surface area contributed by atoms with Crippen LogP contribution in [0.15, 0.2) is 12.3 Å². The van der Waals surface area contributed by atoms with Crippen LogP contribution in [0, 0.1) is 23.2 Å². The first-order valence-corrected chi connectivity index (χ1v) is 3.81. The quantitative estimate of drug-likeness (QED) is 0.492. The van der Waals surface area contributed by atoms with E-state index >= 15 is 0 Å². The Morgan fingerprint density at radius 3 is 3.00 bits per heavy atom. The van der Waals surface area contributed by atoms with Crippen LogP contribution in [0.2, 0.25) is 5.15 Å². The molecule has 0 aliphatic rings. The summed E-state index contributed by atoms with van der Waals surface area (Å²) in [5, 5.41) is 17.2. The van der Waals surface area contributed by atoms with E-state index in [9.17, 15) is 0 Å². The molecule has 1 N–H and O–H groups in total. The fraction of sp³-hybridized carbons (Fsp3) is 0.111. The van der Waals surface area contributed by atoms with Gasteiger partial charge in [-0.1, -0.05) is 23.4 Å². The van der Waals surface area contributed by atoms with E-state index in [4.69, 9.17) is 22.0 Å². The maximum Gasteiger partial charge on any atom is 0.144 e. The number of nitrogens with zero attached hydrogens (tertiary/aromatic N) is 2. The van der Waals surface area contributed by atoms with Gasteiger partial charge in [-0.15, -0.1) is 0 Å². The lowest BCUT2D eigenvalue weighted by Crippen LogP contribution is -1.85. The van der Waals surface area contributed by atoms with Gasteiger partial charge in [0.15, 0.2) is 0 Å². The number of nitriles is 1. The molecular formula is C9H5ClN2O. The minimum atomic E-state index is -0.243. The van der Waals surface area contributed by atoms with Gasteiger partial charge in [0.05, 0.1) is 11.1 Å². The molecule has 3 nitrogen and oxygen atoms in total. The largest absolute Gasteiger partial charge is 0.384 e. The maximum atomic E-state index is 8.55. The molecule has 1 heterocycles. The topological polar surface area (TPSA) is 56.9 Å². The highest BCUT2D eigenvalue weighted by molar-refractivity contribution is 6.30. The average molecular weight is 193 g/mol. The Balaban J connectivity index is 3.13. The molecule has 0 atom stereocenters. The van der Waals surface area contributed by atoms with Crippen LogP contribution >= 0.6 is 11.6 Å². The molecule has 0 saturated carbocycles. The second kappa shape index (κ2) is 4.47. The Labute approximate surface area is 80.6 Å². The van der Waals surface area contributed by atoms with E-state index in [-0.39, 0.29) is 11.8 Å². The van der Waals surface area contributed by atoms with Gasteiger partial charge in [0.25, 0.3) is 0 Å². The van der Waals surface area contributed by atoms with Crippen LogP contribution in [-0.4, -0.2) is 16.7 Å². The van der Waals surface area contributed by atoms with Gasteiger partial charge in [-0.05, 0) is 6.07 Å². The summed E-state index contributed by atoms with van der Waals surface area (Å²) >= 11 is 5.68. The summed E-state index contributed by atoms with van der Waals surface area (Å²) in [6.07, 6.45) is 1.37. The number of hydrogen-bond acceptors (Lipinski definition) is 3. The number of aromatic nitrogens is 1. The SMILES string of the molecule is N#Cc1cnc(Cl)c(C#CCO)c1. The van der Waals surface area contributed by atoms with Gasteiger partial charge in [-0.3, -0.25) is 0 Å². The molecule has 1 rings (SSSR count). The molecule has 0 unspecified atom stereocenters. The second-order valence-electron chi connectivity index (χ2n) is 2.13. The third-order valence-electron chi connectivity index (χ3n) is 1.27. The molecule has 0 fully saturated rings. The Morgan fingerprint density at radius 2 is 2.38 bits per heavy atom. The normalized spacial score (nSPS) is 8.38. The fourth-order valence-electron chi connectivity index (χ4n) is 0.732. The smallest absolute Gasteiger partial charge is 0.144 e. The molecule has 0 bridgehead atoms. The van der Waals surface area contributed by atoms with Crippen molar-refractivity contribution in [2.45, 2.75) is 0 Å². The minimum absolute atomic E-state index is 0.236. The van der Waals surface area contributed by atoms with Gasteiger partial charge in [0, 0.05) is 6.20 Å². The van der Waals surface area contributed by atoms with Crippen LogP contribution in [0.1, 0.15) is 11.1 Å². The third-order valence-corrected chi connectivity index (χ3v) is 1.57. The molecule has 1 aromatic heterocycles. The Morgan fingerprint density at radius 1 is 1.62 bits per heavy atom. The monoisotopic (exact) mass is 192 g/mol. The molecular weight excluding hydrogens is 188 g/mol. The minimum Gasteiger partial charge on any atom is -0.384 e. The lowest BCUT2D eigenvalue weighted by atomic mass is 10.2. The van der Waals surface area contributed by atoms with Crippen molar-refractivity contribution in [3.05, 3.63) is 28.5 Å². The van der Waals surface area contributed by atoms with E-state index in [1.54, 1.807) is 0 Å². The Hall–Kier alpha value is -1.55. The summed E-state index contributed by atoms with van der Waals surface area (Å²) < 4.78 is 0. The molecule has 0 amide bonds. The summed E-state index contributed by atoms with van der Waals surface area (Å²) in [4.78, 5) is 3.76. The molecule has 64 valence electrons. The van der Waals surface area contributed by atoms with E-state index in [0.717, 1.165) is 0 Å². The molecule has 0 aliphatic carbocycles. The fourth-order valence-corrected chi connectivity index (χ4v) is 0.882. The molecule has 13 heavy (non-hydrogen) atoms.